The molecule has 3 N–H and O–H groups in total. The van der Waals surface area contributed by atoms with E-state index in [2.05, 4.69) is 0 Å². The van der Waals surface area contributed by atoms with Crippen molar-refractivity contribution in [2.45, 2.75) is 6.92 Å². The van der Waals surface area contributed by atoms with E-state index in [0.29, 0.717) is 6.07 Å². The molecule has 0 fully saturated rings. The van der Waals surface area contributed by atoms with Crippen LogP contribution >= 0.6 is 0 Å². The van der Waals surface area contributed by atoms with Gasteiger partial charge in [-0.3, -0.25) is 20.2 Å². The van der Waals surface area contributed by atoms with Crippen molar-refractivity contribution in [1.29, 1.82) is 0 Å². The van der Waals surface area contributed by atoms with Crippen LogP contribution in [0.3, 0.4) is 0 Å². The van der Waals surface area contributed by atoms with E-state index in [1.54, 1.807) is 6.92 Å². The van der Waals surface area contributed by atoms with Crippen molar-refractivity contribution in [2.24, 2.45) is 0 Å². The molecule has 0 amide bonds. The van der Waals surface area contributed by atoms with Crippen molar-refractivity contribution in [1.82, 2.24) is 0 Å². The molecule has 0 aliphatic rings. The maximum atomic E-state index is 10.7. The van der Waals surface area contributed by atoms with Crippen molar-refractivity contribution >= 4 is 17.1 Å². The molecule has 0 atom stereocenters. The van der Waals surface area contributed by atoms with Gasteiger partial charge in [-0.1, -0.05) is 0 Å². The summed E-state index contributed by atoms with van der Waals surface area (Å²) in [5.41, 5.74) is 3.35. The summed E-state index contributed by atoms with van der Waals surface area (Å²) in [5.74, 6) is -1.22. The highest BCUT2D eigenvalue weighted by atomic mass is 16.6. The van der Waals surface area contributed by atoms with E-state index in [1.165, 1.54) is 0 Å². The van der Waals surface area contributed by atoms with Crippen LogP contribution in [-0.2, 0) is 0 Å². The summed E-state index contributed by atoms with van der Waals surface area (Å²) in [6, 6.07) is 0.608. The van der Waals surface area contributed by atoms with Gasteiger partial charge >= 0.3 is 11.4 Å². The van der Waals surface area contributed by atoms with Crippen LogP contribution in [-0.4, -0.2) is 21.6 Å². The van der Waals surface area contributed by atoms with Crippen LogP contribution in [0.25, 0.3) is 0 Å². The van der Waals surface area contributed by atoms with Gasteiger partial charge in [0.2, 0.25) is 11.5 Å². The monoisotopic (exact) mass is 243 g/mol. The van der Waals surface area contributed by atoms with Gasteiger partial charge in [-0.2, -0.15) is 0 Å². The molecule has 0 bridgehead atoms. The second-order valence-electron chi connectivity index (χ2n) is 2.95. The number of nitro benzene ring substituents is 2. The second-order valence-corrected chi connectivity index (χ2v) is 2.95. The Morgan fingerprint density at radius 2 is 1.88 bits per heavy atom. The summed E-state index contributed by atoms with van der Waals surface area (Å²) >= 11 is 0. The van der Waals surface area contributed by atoms with Crippen molar-refractivity contribution < 1.29 is 19.7 Å². The molecule has 0 heterocycles. The van der Waals surface area contributed by atoms with Crippen LogP contribution in [0.1, 0.15) is 6.92 Å². The average Bonchev–Trinajstić information content (AvgIpc) is 2.24. The van der Waals surface area contributed by atoms with E-state index in [1.807, 2.05) is 0 Å². The molecule has 17 heavy (non-hydrogen) atoms. The molecule has 0 radical (unpaired) electrons. The molecule has 1 rings (SSSR count). The third kappa shape index (κ3) is 2.17. The number of hydrogen-bond donors (Lipinski definition) is 2. The van der Waals surface area contributed by atoms with E-state index in [9.17, 15) is 25.3 Å². The lowest BCUT2D eigenvalue weighted by molar-refractivity contribution is -0.395. The van der Waals surface area contributed by atoms with Crippen LogP contribution < -0.4 is 10.5 Å². The van der Waals surface area contributed by atoms with Crippen LogP contribution in [0.2, 0.25) is 0 Å². The number of aromatic hydroxyl groups is 1. The number of hydrogen-bond acceptors (Lipinski definition) is 7. The van der Waals surface area contributed by atoms with Crippen LogP contribution in [0, 0.1) is 20.2 Å². The van der Waals surface area contributed by atoms with Gasteiger partial charge in [0.25, 0.3) is 0 Å². The van der Waals surface area contributed by atoms with Crippen LogP contribution in [0.4, 0.5) is 17.1 Å². The minimum atomic E-state index is -0.964. The lowest BCUT2D eigenvalue weighted by Crippen LogP contribution is -2.03. The Labute approximate surface area is 94.7 Å². The maximum Gasteiger partial charge on any atom is 0.320 e. The van der Waals surface area contributed by atoms with E-state index in [-0.39, 0.29) is 12.4 Å². The zero-order valence-electron chi connectivity index (χ0n) is 8.74. The SMILES string of the molecule is CCOc1c([N+](=O)[O-])cc([N+](=O)[O-])c(O)c1N. The Hall–Kier alpha value is -2.58. The van der Waals surface area contributed by atoms with E-state index in [4.69, 9.17) is 10.5 Å². The summed E-state index contributed by atoms with van der Waals surface area (Å²) in [7, 11) is 0. The van der Waals surface area contributed by atoms with Gasteiger partial charge in [0.15, 0.2) is 0 Å². The van der Waals surface area contributed by atoms with Crippen molar-refractivity contribution in [2.75, 3.05) is 12.3 Å². The quantitative estimate of drug-likeness (QED) is 0.350. The average molecular weight is 243 g/mol. The minimum Gasteiger partial charge on any atom is -0.501 e. The Morgan fingerprint density at radius 1 is 1.35 bits per heavy atom. The molecule has 1 aromatic carbocycles. The fourth-order valence-electron chi connectivity index (χ4n) is 1.22. The topological polar surface area (TPSA) is 142 Å². The normalized spacial score (nSPS) is 9.94. The molecule has 92 valence electrons. The third-order valence-electron chi connectivity index (χ3n) is 1.93. The molecule has 0 unspecified atom stereocenters. The fourth-order valence-corrected chi connectivity index (χ4v) is 1.22. The fraction of sp³-hybridized carbons (Fsp3) is 0.250. The molecule has 0 aliphatic heterocycles. The predicted octanol–water partition coefficient (Wildman–Crippen LogP) is 1.19. The van der Waals surface area contributed by atoms with Gasteiger partial charge in [-0.15, -0.1) is 0 Å². The first-order valence-corrected chi connectivity index (χ1v) is 4.47. The third-order valence-corrected chi connectivity index (χ3v) is 1.93. The van der Waals surface area contributed by atoms with E-state index < -0.39 is 32.7 Å². The van der Waals surface area contributed by atoms with Gasteiger partial charge in [-0.05, 0) is 6.92 Å². The first-order chi connectivity index (χ1) is 7.90. The molecule has 0 aromatic heterocycles. The van der Waals surface area contributed by atoms with Crippen LogP contribution in [0.5, 0.6) is 11.5 Å². The Kier molecular flexibility index (Phi) is 3.31. The lowest BCUT2D eigenvalue weighted by atomic mass is 10.2. The molecule has 0 saturated heterocycles. The summed E-state index contributed by atoms with van der Waals surface area (Å²) in [6.07, 6.45) is 0. The highest BCUT2D eigenvalue weighted by Gasteiger charge is 2.29. The zero-order valence-corrected chi connectivity index (χ0v) is 8.74. The van der Waals surface area contributed by atoms with E-state index >= 15 is 0 Å². The van der Waals surface area contributed by atoms with Crippen molar-refractivity contribution in [3.05, 3.63) is 26.3 Å². The molecule has 0 aliphatic carbocycles. The predicted molar refractivity (Wildman–Crippen MR) is 57.0 cm³/mol. The molecule has 0 saturated carbocycles. The summed E-state index contributed by atoms with van der Waals surface area (Å²) in [6.45, 7) is 1.63. The van der Waals surface area contributed by atoms with Crippen molar-refractivity contribution in [3.63, 3.8) is 0 Å². The number of nitrogens with two attached hydrogens (primary N) is 1. The number of phenols is 1. The summed E-state index contributed by atoms with van der Waals surface area (Å²) in [4.78, 5) is 19.4. The maximum absolute atomic E-state index is 10.7. The second kappa shape index (κ2) is 4.51. The number of nitro groups is 2. The smallest absolute Gasteiger partial charge is 0.320 e. The Balaban J connectivity index is 3.56. The first kappa shape index (κ1) is 12.5. The highest BCUT2D eigenvalue weighted by Crippen LogP contribution is 2.45. The molecule has 0 spiro atoms. The number of rotatable bonds is 4. The summed E-state index contributed by atoms with van der Waals surface area (Å²) < 4.78 is 4.90. The molecular weight excluding hydrogens is 234 g/mol. The van der Waals surface area contributed by atoms with E-state index in [0.717, 1.165) is 0 Å². The Morgan fingerprint density at radius 3 is 2.29 bits per heavy atom. The number of nitrogen functional groups attached to an aromatic ring is 1. The minimum absolute atomic E-state index is 0.0717. The highest BCUT2D eigenvalue weighted by molar-refractivity contribution is 5.77. The molecule has 9 nitrogen and oxygen atoms in total. The number of anilines is 1. The van der Waals surface area contributed by atoms with Gasteiger partial charge in [0, 0.05) is 0 Å². The lowest BCUT2D eigenvalue weighted by Gasteiger charge is -2.08. The Bertz CT molecular complexity index is 487. The van der Waals surface area contributed by atoms with Crippen molar-refractivity contribution in [3.8, 4) is 11.5 Å². The van der Waals surface area contributed by atoms with Gasteiger partial charge in [0.1, 0.15) is 11.8 Å². The van der Waals surface area contributed by atoms with Crippen LogP contribution in [0.15, 0.2) is 6.07 Å². The number of benzene rings is 1. The number of nitrogens with zero attached hydrogens (tertiary/aromatic N) is 2. The standard InChI is InChI=1S/C8H9N3O6/c1-2-17-8-5(11(15)16)3-4(10(13)14)7(12)6(8)9/h3,12H,2,9H2,1H3. The van der Waals surface area contributed by atoms with Gasteiger partial charge < -0.3 is 15.6 Å². The number of ether oxygens (including phenoxy) is 1. The van der Waals surface area contributed by atoms with Gasteiger partial charge in [-0.25, -0.2) is 0 Å². The molecular formula is C8H9N3O6. The first-order valence-electron chi connectivity index (χ1n) is 4.47. The largest absolute Gasteiger partial charge is 0.501 e. The zero-order chi connectivity index (χ0) is 13.2. The molecule has 9 heteroatoms. The van der Waals surface area contributed by atoms with Gasteiger partial charge in [0.05, 0.1) is 16.5 Å². The number of phenolic OH excluding ortho intramolecular Hbond substituents is 1. The molecule has 1 aromatic rings. The summed E-state index contributed by atoms with van der Waals surface area (Å²) in [5, 5.41) is 30.7.